The van der Waals surface area contributed by atoms with Crippen molar-refractivity contribution >= 4 is 46.8 Å². The van der Waals surface area contributed by atoms with Crippen LogP contribution in [0.5, 0.6) is 0 Å². The number of benzene rings is 1. The molecule has 0 spiro atoms. The van der Waals surface area contributed by atoms with Crippen molar-refractivity contribution in [2.24, 2.45) is 0 Å². The summed E-state index contributed by atoms with van der Waals surface area (Å²) in [7, 11) is -6.24. The molecule has 0 fully saturated rings. The van der Waals surface area contributed by atoms with Crippen molar-refractivity contribution < 1.29 is 13.3 Å². The van der Waals surface area contributed by atoms with E-state index in [9.17, 15) is 0 Å². The van der Waals surface area contributed by atoms with Gasteiger partial charge in [0.15, 0.2) is 25.0 Å². The zero-order valence-electron chi connectivity index (χ0n) is 29.4. The van der Waals surface area contributed by atoms with E-state index in [1.807, 2.05) is 6.20 Å². The Morgan fingerprint density at radius 2 is 1.21 bits per heavy atom. The maximum Gasteiger partial charge on any atom is 0.192 e. The van der Waals surface area contributed by atoms with Gasteiger partial charge in [0.2, 0.25) is 0 Å². The van der Waals surface area contributed by atoms with Gasteiger partial charge in [-0.15, -0.1) is 0 Å². The van der Waals surface area contributed by atoms with Crippen LogP contribution >= 0.6 is 0 Å². The lowest BCUT2D eigenvalue weighted by Gasteiger charge is -2.46. The summed E-state index contributed by atoms with van der Waals surface area (Å²) in [5, 5.41) is 2.77. The highest BCUT2D eigenvalue weighted by Crippen LogP contribution is 2.42. The van der Waals surface area contributed by atoms with Gasteiger partial charge in [-0.05, 0) is 79.4 Å². The Bertz CT molecular complexity index is 1340. The number of nitrogens with one attached hydrogen (secondary N) is 1. The Hall–Kier alpha value is -1.30. The molecule has 0 aliphatic rings. The van der Waals surface area contributed by atoms with Crippen LogP contribution in [-0.2, 0) is 19.7 Å². The van der Waals surface area contributed by atoms with Gasteiger partial charge in [-0.3, -0.25) is 4.98 Å². The monoisotopic (exact) mass is 628 g/mol. The third-order valence-electron chi connectivity index (χ3n) is 10.5. The molecule has 8 heteroatoms. The molecule has 0 amide bonds. The molecule has 1 aromatic carbocycles. The normalized spacial score (nSPS) is 15.9. The molecule has 2 atom stereocenters. The molecular formula is C34H60N2O3Si3. The lowest BCUT2D eigenvalue weighted by molar-refractivity contribution is 0.000154. The van der Waals surface area contributed by atoms with E-state index in [1.54, 1.807) is 0 Å². The van der Waals surface area contributed by atoms with Crippen LogP contribution in [0.15, 0.2) is 36.5 Å². The molecule has 0 bridgehead atoms. The molecule has 2 aromatic heterocycles. The van der Waals surface area contributed by atoms with Crippen molar-refractivity contribution in [3.8, 4) is 0 Å². The number of hydrogen-bond acceptors (Lipinski definition) is 4. The first kappa shape index (κ1) is 35.2. The van der Waals surface area contributed by atoms with E-state index in [0.717, 1.165) is 29.6 Å². The number of aromatic nitrogens is 2. The average molecular weight is 629 g/mol. The summed E-state index contributed by atoms with van der Waals surface area (Å²) in [6, 6.07) is 10.6. The van der Waals surface area contributed by atoms with Gasteiger partial charge in [0.25, 0.3) is 0 Å². The zero-order valence-corrected chi connectivity index (χ0v) is 32.4. The van der Waals surface area contributed by atoms with E-state index in [0.29, 0.717) is 6.61 Å². The zero-order chi connectivity index (χ0) is 31.9. The van der Waals surface area contributed by atoms with Crippen molar-refractivity contribution in [3.63, 3.8) is 0 Å². The molecule has 1 N–H and O–H groups in total. The van der Waals surface area contributed by atoms with Crippen LogP contribution < -0.4 is 0 Å². The summed E-state index contributed by atoms with van der Waals surface area (Å²) in [5.41, 5.74) is 3.37. The quantitative estimate of drug-likeness (QED) is 0.215. The molecular weight excluding hydrogens is 569 g/mol. The Labute approximate surface area is 259 Å². The van der Waals surface area contributed by atoms with Crippen molar-refractivity contribution in [1.82, 2.24) is 9.97 Å². The minimum atomic E-state index is -2.12. The number of pyridine rings is 1. The maximum atomic E-state index is 7.30. The van der Waals surface area contributed by atoms with Crippen LogP contribution in [0, 0.1) is 0 Å². The van der Waals surface area contributed by atoms with Crippen LogP contribution in [-0.4, -0.2) is 53.7 Å². The number of aromatic amines is 1. The smallest absolute Gasteiger partial charge is 0.192 e. The third-order valence-corrected chi connectivity index (χ3v) is 24.0. The first-order valence-electron chi connectivity index (χ1n) is 15.8. The van der Waals surface area contributed by atoms with Gasteiger partial charge in [0.1, 0.15) is 0 Å². The van der Waals surface area contributed by atoms with E-state index >= 15 is 0 Å². The van der Waals surface area contributed by atoms with E-state index in [2.05, 4.69) is 137 Å². The fourth-order valence-corrected chi connectivity index (χ4v) is 8.18. The summed E-state index contributed by atoms with van der Waals surface area (Å²) in [5.74, 6) is 0. The number of fused-ring (bicyclic) bond motifs is 3. The molecule has 0 unspecified atom stereocenters. The van der Waals surface area contributed by atoms with Crippen LogP contribution in [0.3, 0.4) is 0 Å². The molecule has 0 radical (unpaired) electrons. The molecule has 42 heavy (non-hydrogen) atoms. The van der Waals surface area contributed by atoms with Gasteiger partial charge in [0.05, 0.1) is 30.0 Å². The van der Waals surface area contributed by atoms with E-state index in [4.69, 9.17) is 18.3 Å². The Morgan fingerprint density at radius 1 is 0.690 bits per heavy atom. The maximum absolute atomic E-state index is 7.30. The highest BCUT2D eigenvalue weighted by molar-refractivity contribution is 6.75. The molecule has 0 aliphatic carbocycles. The van der Waals surface area contributed by atoms with E-state index in [1.165, 1.54) is 10.8 Å². The standard InChI is InChI=1S/C34H60N2O3Si3/c1-32(2,3)40(10,11)37-24-30(39-42(14,15)34(7,8)9)29(38-41(12,13)33(4,5)6)21-20-28-31-26(22-23-35-28)25-18-16-17-19-27(25)36-31/h16-19,22-23,29-30,36H,20-21,24H2,1-15H3/t29-,30+/m0/s1. The second-order valence-corrected chi connectivity index (χ2v) is 31.1. The Kier molecular flexibility index (Phi) is 10.3. The fourth-order valence-electron chi connectivity index (χ4n) is 4.45. The molecule has 236 valence electrons. The number of hydrogen-bond donors (Lipinski definition) is 1. The molecule has 5 nitrogen and oxygen atoms in total. The van der Waals surface area contributed by atoms with Gasteiger partial charge in [-0.2, -0.15) is 0 Å². The van der Waals surface area contributed by atoms with Gasteiger partial charge in [-0.1, -0.05) is 80.5 Å². The van der Waals surface area contributed by atoms with E-state index < -0.39 is 25.0 Å². The molecule has 0 saturated carbocycles. The Morgan fingerprint density at radius 3 is 1.76 bits per heavy atom. The predicted octanol–water partition coefficient (Wildman–Crippen LogP) is 10.5. The first-order valence-corrected chi connectivity index (χ1v) is 24.5. The van der Waals surface area contributed by atoms with Crippen molar-refractivity contribution in [1.29, 1.82) is 0 Å². The fraction of sp³-hybridized carbons (Fsp3) is 0.676. The SMILES string of the molecule is CC(C)(C)[Si](C)(C)OC[C@@H](O[Si](C)(C)C(C)(C)C)[C@H](CCc1nccc2c1[nH]c1ccccc12)O[Si](C)(C)C(C)(C)C. The van der Waals surface area contributed by atoms with Gasteiger partial charge in [-0.25, -0.2) is 0 Å². The molecule has 3 rings (SSSR count). The highest BCUT2D eigenvalue weighted by atomic mass is 28.4. The highest BCUT2D eigenvalue weighted by Gasteiger charge is 2.46. The number of rotatable bonds is 11. The largest absolute Gasteiger partial charge is 0.414 e. The van der Waals surface area contributed by atoms with Crippen LogP contribution in [0.1, 0.15) is 74.4 Å². The summed E-state index contributed by atoms with van der Waals surface area (Å²) in [6.07, 6.45) is 3.35. The second-order valence-electron chi connectivity index (χ2n) is 16.8. The summed E-state index contributed by atoms with van der Waals surface area (Å²) < 4.78 is 21.5. The van der Waals surface area contributed by atoms with E-state index in [-0.39, 0.29) is 27.3 Å². The summed E-state index contributed by atoms with van der Waals surface area (Å²) in [6.45, 7) is 35.5. The lowest BCUT2D eigenvalue weighted by Crippen LogP contribution is -2.54. The molecule has 2 heterocycles. The third kappa shape index (κ3) is 7.85. The molecule has 0 saturated heterocycles. The first-order chi connectivity index (χ1) is 19.0. The predicted molar refractivity (Wildman–Crippen MR) is 189 cm³/mol. The molecule has 0 aliphatic heterocycles. The number of H-pyrrole nitrogens is 1. The minimum Gasteiger partial charge on any atom is -0.414 e. The van der Waals surface area contributed by atoms with Crippen LogP contribution in [0.2, 0.25) is 54.4 Å². The summed E-state index contributed by atoms with van der Waals surface area (Å²) in [4.78, 5) is 8.53. The topological polar surface area (TPSA) is 56.4 Å². The number of aryl methyl sites for hydroxylation is 1. The van der Waals surface area contributed by atoms with Crippen molar-refractivity contribution in [2.75, 3.05) is 6.61 Å². The van der Waals surface area contributed by atoms with Crippen LogP contribution in [0.4, 0.5) is 0 Å². The van der Waals surface area contributed by atoms with Gasteiger partial charge < -0.3 is 18.3 Å². The van der Waals surface area contributed by atoms with Gasteiger partial charge >= 0.3 is 0 Å². The van der Waals surface area contributed by atoms with Gasteiger partial charge in [0, 0.05) is 22.5 Å². The molecule has 3 aromatic rings. The number of para-hydroxylation sites is 1. The second kappa shape index (κ2) is 12.2. The lowest BCUT2D eigenvalue weighted by atomic mass is 10.1. The summed E-state index contributed by atoms with van der Waals surface area (Å²) >= 11 is 0. The minimum absolute atomic E-state index is 0.0846. The number of nitrogens with zero attached hydrogens (tertiary/aromatic N) is 1. The van der Waals surface area contributed by atoms with Crippen molar-refractivity contribution in [3.05, 3.63) is 42.2 Å². The average Bonchev–Trinajstić information content (AvgIpc) is 3.21. The van der Waals surface area contributed by atoms with Crippen LogP contribution in [0.25, 0.3) is 21.8 Å². The van der Waals surface area contributed by atoms with Crippen molar-refractivity contribution in [2.45, 2.75) is 142 Å². The Balaban J connectivity index is 2.04.